The molecule has 0 fully saturated rings. The molecule has 0 aliphatic heterocycles. The Hall–Kier alpha value is -1.36. The average Bonchev–Trinajstić information content (AvgIpc) is 2.47. The maximum Gasteiger partial charge on any atom is 0.271 e. The van der Waals surface area contributed by atoms with E-state index in [9.17, 15) is 4.79 Å². The van der Waals surface area contributed by atoms with Gasteiger partial charge in [0.25, 0.3) is 5.91 Å². The number of nitrogens with zero attached hydrogens (tertiary/aromatic N) is 1. The number of aliphatic hydroxyl groups is 1. The van der Waals surface area contributed by atoms with Crippen LogP contribution < -0.4 is 5.32 Å². The topological polar surface area (TPSA) is 78.0 Å². The number of carbonyl (C=O) groups excluding carboxylic acids is 1. The number of hydrogen-bond donors (Lipinski definition) is 3. The van der Waals surface area contributed by atoms with Gasteiger partial charge in [-0.25, -0.2) is 0 Å². The molecule has 1 aromatic rings. The van der Waals surface area contributed by atoms with Gasteiger partial charge in [-0.2, -0.15) is 5.10 Å². The second-order valence-electron chi connectivity index (χ2n) is 3.00. The lowest BCUT2D eigenvalue weighted by atomic mass is 10.3. The standard InChI is InChI=1S/C8H13N3O2/c1-5-3-7(11-10-5)8(13)9-4-6(2)12/h3,6,12H,4H2,1-2H3,(H,9,13)(H,10,11). The highest BCUT2D eigenvalue weighted by atomic mass is 16.3. The Morgan fingerprint density at radius 3 is 3.00 bits per heavy atom. The van der Waals surface area contributed by atoms with Gasteiger partial charge < -0.3 is 10.4 Å². The first-order valence-electron chi connectivity index (χ1n) is 4.08. The van der Waals surface area contributed by atoms with Crippen molar-refractivity contribution in [3.05, 3.63) is 17.5 Å². The van der Waals surface area contributed by atoms with Gasteiger partial charge in [0.1, 0.15) is 5.69 Å². The minimum Gasteiger partial charge on any atom is -0.392 e. The van der Waals surface area contributed by atoms with Crippen molar-refractivity contribution in [2.45, 2.75) is 20.0 Å². The van der Waals surface area contributed by atoms with Gasteiger partial charge in [0.05, 0.1) is 6.10 Å². The number of carbonyl (C=O) groups is 1. The van der Waals surface area contributed by atoms with E-state index >= 15 is 0 Å². The largest absolute Gasteiger partial charge is 0.392 e. The van der Waals surface area contributed by atoms with Crippen molar-refractivity contribution in [1.29, 1.82) is 0 Å². The molecule has 0 aliphatic carbocycles. The van der Waals surface area contributed by atoms with Crippen LogP contribution in [0.5, 0.6) is 0 Å². The van der Waals surface area contributed by atoms with E-state index in [4.69, 9.17) is 5.11 Å². The van der Waals surface area contributed by atoms with Gasteiger partial charge in [0, 0.05) is 12.2 Å². The summed E-state index contributed by atoms with van der Waals surface area (Å²) in [5, 5.41) is 17.9. The highest BCUT2D eigenvalue weighted by Crippen LogP contribution is 1.96. The predicted molar refractivity (Wildman–Crippen MR) is 47.3 cm³/mol. The van der Waals surface area contributed by atoms with Crippen LogP contribution in [-0.4, -0.2) is 33.9 Å². The molecular formula is C8H13N3O2. The lowest BCUT2D eigenvalue weighted by molar-refractivity contribution is 0.0919. The first-order valence-corrected chi connectivity index (χ1v) is 4.08. The summed E-state index contributed by atoms with van der Waals surface area (Å²) >= 11 is 0. The summed E-state index contributed by atoms with van der Waals surface area (Å²) in [5.41, 5.74) is 1.18. The number of hydrogen-bond acceptors (Lipinski definition) is 3. The van der Waals surface area contributed by atoms with Crippen LogP contribution in [0.25, 0.3) is 0 Å². The number of H-pyrrole nitrogens is 1. The van der Waals surface area contributed by atoms with Crippen molar-refractivity contribution >= 4 is 5.91 Å². The van der Waals surface area contributed by atoms with Gasteiger partial charge in [-0.15, -0.1) is 0 Å². The van der Waals surface area contributed by atoms with Crippen molar-refractivity contribution in [2.75, 3.05) is 6.54 Å². The Bertz CT molecular complexity index is 293. The molecule has 1 heterocycles. The first kappa shape index (κ1) is 9.73. The maximum atomic E-state index is 11.3. The molecule has 13 heavy (non-hydrogen) atoms. The Labute approximate surface area is 76.2 Å². The molecule has 0 saturated heterocycles. The van der Waals surface area contributed by atoms with Crippen LogP contribution in [0.4, 0.5) is 0 Å². The summed E-state index contributed by atoms with van der Waals surface area (Å²) in [6.45, 7) is 3.67. The molecule has 1 rings (SSSR count). The number of aryl methyl sites for hydroxylation is 1. The first-order chi connectivity index (χ1) is 6.09. The number of aromatic amines is 1. The molecular weight excluding hydrogens is 170 g/mol. The van der Waals surface area contributed by atoms with E-state index < -0.39 is 6.10 Å². The van der Waals surface area contributed by atoms with Crippen molar-refractivity contribution in [3.8, 4) is 0 Å². The Balaban J connectivity index is 2.49. The molecule has 1 aromatic heterocycles. The molecule has 1 amide bonds. The fourth-order valence-corrected chi connectivity index (χ4v) is 0.865. The third kappa shape index (κ3) is 2.87. The zero-order valence-electron chi connectivity index (χ0n) is 7.66. The highest BCUT2D eigenvalue weighted by Gasteiger charge is 2.08. The minimum absolute atomic E-state index is 0.241. The minimum atomic E-state index is -0.538. The van der Waals surface area contributed by atoms with Crippen molar-refractivity contribution < 1.29 is 9.90 Å². The zero-order valence-corrected chi connectivity index (χ0v) is 7.66. The molecule has 5 nitrogen and oxygen atoms in total. The van der Waals surface area contributed by atoms with E-state index in [1.807, 2.05) is 6.92 Å². The van der Waals surface area contributed by atoms with Gasteiger partial charge in [-0.05, 0) is 19.9 Å². The van der Waals surface area contributed by atoms with Crippen LogP contribution >= 0.6 is 0 Å². The molecule has 3 N–H and O–H groups in total. The molecule has 0 aliphatic rings. The average molecular weight is 183 g/mol. The summed E-state index contributed by atoms with van der Waals surface area (Å²) in [7, 11) is 0. The number of amides is 1. The Morgan fingerprint density at radius 2 is 2.54 bits per heavy atom. The lowest BCUT2D eigenvalue weighted by Gasteiger charge is -2.04. The predicted octanol–water partition coefficient (Wildman–Crippen LogP) is -0.171. The van der Waals surface area contributed by atoms with Gasteiger partial charge in [0.15, 0.2) is 0 Å². The summed E-state index contributed by atoms with van der Waals surface area (Å²) < 4.78 is 0. The van der Waals surface area contributed by atoms with Gasteiger partial charge in [0.2, 0.25) is 0 Å². The fourth-order valence-electron chi connectivity index (χ4n) is 0.865. The summed E-state index contributed by atoms with van der Waals surface area (Å²) in [6, 6.07) is 1.65. The second-order valence-corrected chi connectivity index (χ2v) is 3.00. The SMILES string of the molecule is Cc1cc(C(=O)NCC(C)O)n[nH]1. The van der Waals surface area contributed by atoms with E-state index in [0.717, 1.165) is 5.69 Å². The van der Waals surface area contributed by atoms with Crippen LogP contribution in [0.15, 0.2) is 6.07 Å². The molecule has 0 aromatic carbocycles. The molecule has 1 atom stereocenters. The number of nitrogens with one attached hydrogen (secondary N) is 2. The Morgan fingerprint density at radius 1 is 1.85 bits per heavy atom. The van der Waals surface area contributed by atoms with Gasteiger partial charge in [-0.1, -0.05) is 0 Å². The molecule has 0 radical (unpaired) electrons. The maximum absolute atomic E-state index is 11.3. The van der Waals surface area contributed by atoms with Crippen molar-refractivity contribution in [3.63, 3.8) is 0 Å². The summed E-state index contributed by atoms with van der Waals surface area (Å²) in [5.74, 6) is -0.273. The van der Waals surface area contributed by atoms with E-state index in [1.54, 1.807) is 13.0 Å². The monoisotopic (exact) mass is 183 g/mol. The van der Waals surface area contributed by atoms with Gasteiger partial charge >= 0.3 is 0 Å². The zero-order chi connectivity index (χ0) is 9.84. The van der Waals surface area contributed by atoms with Crippen molar-refractivity contribution in [2.24, 2.45) is 0 Å². The van der Waals surface area contributed by atoms with Crippen LogP contribution in [0.3, 0.4) is 0 Å². The van der Waals surface area contributed by atoms with E-state index in [1.165, 1.54) is 0 Å². The molecule has 0 spiro atoms. The quantitative estimate of drug-likeness (QED) is 0.608. The number of aromatic nitrogens is 2. The van der Waals surface area contributed by atoms with E-state index in [0.29, 0.717) is 5.69 Å². The third-order valence-electron chi connectivity index (χ3n) is 1.50. The van der Waals surface area contributed by atoms with Crippen molar-refractivity contribution in [1.82, 2.24) is 15.5 Å². The number of rotatable bonds is 3. The smallest absolute Gasteiger partial charge is 0.271 e. The van der Waals surface area contributed by atoms with Crippen LogP contribution in [0.1, 0.15) is 23.1 Å². The fraction of sp³-hybridized carbons (Fsp3) is 0.500. The molecule has 1 unspecified atom stereocenters. The Kier molecular flexibility index (Phi) is 3.02. The number of aliphatic hydroxyl groups excluding tert-OH is 1. The molecule has 0 bridgehead atoms. The summed E-state index contributed by atoms with van der Waals surface area (Å²) in [4.78, 5) is 11.3. The molecule has 0 saturated carbocycles. The molecule has 5 heteroatoms. The second kappa shape index (κ2) is 4.04. The molecule has 72 valence electrons. The van der Waals surface area contributed by atoms with E-state index in [2.05, 4.69) is 15.5 Å². The third-order valence-corrected chi connectivity index (χ3v) is 1.50. The van der Waals surface area contributed by atoms with Gasteiger partial charge in [-0.3, -0.25) is 9.89 Å². The van der Waals surface area contributed by atoms with E-state index in [-0.39, 0.29) is 12.5 Å². The van der Waals surface area contributed by atoms with Crippen LogP contribution in [0.2, 0.25) is 0 Å². The van der Waals surface area contributed by atoms with Crippen LogP contribution in [-0.2, 0) is 0 Å². The summed E-state index contributed by atoms with van der Waals surface area (Å²) in [6.07, 6.45) is -0.538. The highest BCUT2D eigenvalue weighted by molar-refractivity contribution is 5.92. The lowest BCUT2D eigenvalue weighted by Crippen LogP contribution is -2.30. The normalized spacial score (nSPS) is 12.5. The van der Waals surface area contributed by atoms with Crippen LogP contribution in [0, 0.1) is 6.92 Å².